The van der Waals surface area contributed by atoms with Gasteiger partial charge in [-0.05, 0) is 12.3 Å². The van der Waals surface area contributed by atoms with Gasteiger partial charge >= 0.3 is 0 Å². The van der Waals surface area contributed by atoms with Crippen LogP contribution in [-0.4, -0.2) is 20.8 Å². The Hall–Kier alpha value is -1.71. The average molecular weight is 217 g/mol. The minimum Gasteiger partial charge on any atom is -0.335 e. The molecule has 0 radical (unpaired) electrons. The van der Waals surface area contributed by atoms with E-state index in [1.165, 1.54) is 0 Å². The first kappa shape index (κ1) is 10.8. The first-order chi connectivity index (χ1) is 7.63. The Morgan fingerprint density at radius 1 is 1.44 bits per heavy atom. The number of carbonyl (C=O) groups is 1. The summed E-state index contributed by atoms with van der Waals surface area (Å²) in [6.07, 6.45) is 5.10. The van der Waals surface area contributed by atoms with Crippen molar-refractivity contribution in [3.8, 4) is 0 Å². The first-order valence-corrected chi connectivity index (χ1v) is 5.37. The molecular weight excluding hydrogens is 202 g/mol. The third-order valence-corrected chi connectivity index (χ3v) is 2.59. The fourth-order valence-corrected chi connectivity index (χ4v) is 1.94. The van der Waals surface area contributed by atoms with Gasteiger partial charge in [0.15, 0.2) is 6.29 Å². The molecule has 0 saturated carbocycles. The van der Waals surface area contributed by atoms with Crippen LogP contribution in [0.5, 0.6) is 0 Å². The lowest BCUT2D eigenvalue weighted by atomic mass is 10.0. The lowest BCUT2D eigenvalue weighted by Crippen LogP contribution is -2.00. The van der Waals surface area contributed by atoms with Crippen LogP contribution >= 0.6 is 0 Å². The molecule has 0 atom stereocenters. The zero-order chi connectivity index (χ0) is 11.7. The fourth-order valence-electron chi connectivity index (χ4n) is 1.94. The van der Waals surface area contributed by atoms with Crippen molar-refractivity contribution in [2.75, 3.05) is 0 Å². The zero-order valence-corrected chi connectivity index (χ0v) is 9.77. The van der Waals surface area contributed by atoms with E-state index in [0.29, 0.717) is 11.5 Å². The average Bonchev–Trinajstić information content (AvgIpc) is 2.56. The number of rotatable bonds is 3. The predicted octanol–water partition coefficient (Wildman–Crippen LogP) is 1.98. The molecule has 4 heteroatoms. The molecule has 0 aliphatic rings. The second-order valence-electron chi connectivity index (χ2n) is 4.43. The lowest BCUT2D eigenvalue weighted by molar-refractivity contribution is 0.112. The van der Waals surface area contributed by atoms with Crippen molar-refractivity contribution < 1.29 is 4.79 Å². The van der Waals surface area contributed by atoms with Crippen LogP contribution in [0.1, 0.15) is 29.9 Å². The van der Waals surface area contributed by atoms with E-state index >= 15 is 0 Å². The van der Waals surface area contributed by atoms with Crippen LogP contribution in [0.25, 0.3) is 11.0 Å². The van der Waals surface area contributed by atoms with Crippen molar-refractivity contribution in [2.24, 2.45) is 13.0 Å². The molecule has 0 bridgehead atoms. The summed E-state index contributed by atoms with van der Waals surface area (Å²) in [6.45, 7) is 4.27. The molecule has 84 valence electrons. The van der Waals surface area contributed by atoms with Crippen LogP contribution in [0, 0.1) is 5.92 Å². The van der Waals surface area contributed by atoms with Gasteiger partial charge in [-0.3, -0.25) is 4.79 Å². The third kappa shape index (κ3) is 1.71. The molecule has 0 amide bonds. The Bertz CT molecular complexity index is 528. The number of hydrogen-bond acceptors (Lipinski definition) is 3. The highest BCUT2D eigenvalue weighted by atomic mass is 16.1. The molecule has 0 unspecified atom stereocenters. The van der Waals surface area contributed by atoms with Crippen LogP contribution in [-0.2, 0) is 13.5 Å². The minimum atomic E-state index is 0.512. The van der Waals surface area contributed by atoms with Gasteiger partial charge in [-0.1, -0.05) is 13.8 Å². The van der Waals surface area contributed by atoms with Gasteiger partial charge in [0.25, 0.3) is 0 Å². The van der Waals surface area contributed by atoms with Crippen molar-refractivity contribution in [3.05, 3.63) is 23.8 Å². The number of fused-ring (bicyclic) bond motifs is 1. The van der Waals surface area contributed by atoms with Gasteiger partial charge in [0, 0.05) is 18.8 Å². The number of nitrogens with zero attached hydrogens (tertiary/aromatic N) is 3. The van der Waals surface area contributed by atoms with Gasteiger partial charge in [-0.2, -0.15) is 0 Å². The van der Waals surface area contributed by atoms with Gasteiger partial charge in [0.1, 0.15) is 12.0 Å². The SMILES string of the molecule is CC(C)Cc1ncnc2c1c(C=O)cn2C. The number of aryl methyl sites for hydroxylation is 1. The third-order valence-electron chi connectivity index (χ3n) is 2.59. The van der Waals surface area contributed by atoms with E-state index in [1.54, 1.807) is 12.5 Å². The molecule has 0 spiro atoms. The summed E-state index contributed by atoms with van der Waals surface area (Å²) in [5.74, 6) is 0.512. The Morgan fingerprint density at radius 3 is 2.81 bits per heavy atom. The fraction of sp³-hybridized carbons (Fsp3) is 0.417. The molecule has 0 aliphatic carbocycles. The molecular formula is C12H15N3O. The molecule has 2 heterocycles. The van der Waals surface area contributed by atoms with Crippen molar-refractivity contribution >= 4 is 17.3 Å². The molecule has 0 N–H and O–H groups in total. The molecule has 0 aromatic carbocycles. The largest absolute Gasteiger partial charge is 0.335 e. The molecule has 4 nitrogen and oxygen atoms in total. The van der Waals surface area contributed by atoms with Crippen LogP contribution in [0.2, 0.25) is 0 Å². The van der Waals surface area contributed by atoms with E-state index in [0.717, 1.165) is 29.4 Å². The highest BCUT2D eigenvalue weighted by Gasteiger charge is 2.13. The van der Waals surface area contributed by atoms with Crippen molar-refractivity contribution in [1.82, 2.24) is 14.5 Å². The number of hydrogen-bond donors (Lipinski definition) is 0. The molecule has 0 aliphatic heterocycles. The topological polar surface area (TPSA) is 47.8 Å². The highest BCUT2D eigenvalue weighted by molar-refractivity contribution is 5.97. The maximum Gasteiger partial charge on any atom is 0.152 e. The summed E-state index contributed by atoms with van der Waals surface area (Å²) < 4.78 is 1.87. The number of carbonyl (C=O) groups excluding carboxylic acids is 1. The summed E-state index contributed by atoms with van der Waals surface area (Å²) in [5, 5.41) is 0.897. The molecule has 0 fully saturated rings. The standard InChI is InChI=1S/C12H15N3O/c1-8(2)4-10-11-9(6-16)5-15(3)12(11)14-7-13-10/h5-8H,4H2,1-3H3. The zero-order valence-electron chi connectivity index (χ0n) is 9.77. The summed E-state index contributed by atoms with van der Waals surface area (Å²) in [4.78, 5) is 19.5. The second kappa shape index (κ2) is 4.04. The van der Waals surface area contributed by atoms with Gasteiger partial charge in [0.2, 0.25) is 0 Å². The Labute approximate surface area is 94.3 Å². The van der Waals surface area contributed by atoms with Crippen molar-refractivity contribution in [2.45, 2.75) is 20.3 Å². The van der Waals surface area contributed by atoms with E-state index in [-0.39, 0.29) is 0 Å². The van der Waals surface area contributed by atoms with Gasteiger partial charge < -0.3 is 4.57 Å². The van der Waals surface area contributed by atoms with Crippen LogP contribution in [0.4, 0.5) is 0 Å². The number of aldehydes is 1. The molecule has 16 heavy (non-hydrogen) atoms. The monoisotopic (exact) mass is 217 g/mol. The Morgan fingerprint density at radius 2 is 2.19 bits per heavy atom. The second-order valence-corrected chi connectivity index (χ2v) is 4.43. The Kier molecular flexibility index (Phi) is 2.73. The van der Waals surface area contributed by atoms with Gasteiger partial charge in [-0.15, -0.1) is 0 Å². The van der Waals surface area contributed by atoms with E-state index in [1.807, 2.05) is 11.6 Å². The van der Waals surface area contributed by atoms with Crippen LogP contribution < -0.4 is 0 Å². The summed E-state index contributed by atoms with van der Waals surface area (Å²) >= 11 is 0. The quantitative estimate of drug-likeness (QED) is 0.738. The summed E-state index contributed by atoms with van der Waals surface area (Å²) in [7, 11) is 1.89. The minimum absolute atomic E-state index is 0.512. The predicted molar refractivity (Wildman–Crippen MR) is 62.4 cm³/mol. The van der Waals surface area contributed by atoms with Gasteiger partial charge in [-0.25, -0.2) is 9.97 Å². The van der Waals surface area contributed by atoms with E-state index < -0.39 is 0 Å². The van der Waals surface area contributed by atoms with E-state index in [4.69, 9.17) is 0 Å². The summed E-state index contributed by atoms with van der Waals surface area (Å²) in [5.41, 5.74) is 2.46. The van der Waals surface area contributed by atoms with Crippen LogP contribution in [0.3, 0.4) is 0 Å². The maximum atomic E-state index is 11.0. The first-order valence-electron chi connectivity index (χ1n) is 5.37. The van der Waals surface area contributed by atoms with Crippen molar-refractivity contribution in [3.63, 3.8) is 0 Å². The maximum absolute atomic E-state index is 11.0. The molecule has 0 saturated heterocycles. The highest BCUT2D eigenvalue weighted by Crippen LogP contribution is 2.21. The lowest BCUT2D eigenvalue weighted by Gasteiger charge is -2.05. The summed E-state index contributed by atoms with van der Waals surface area (Å²) in [6, 6.07) is 0. The van der Waals surface area contributed by atoms with Crippen molar-refractivity contribution in [1.29, 1.82) is 0 Å². The molecule has 2 rings (SSSR count). The molecule has 2 aromatic rings. The van der Waals surface area contributed by atoms with Gasteiger partial charge in [0.05, 0.1) is 11.1 Å². The van der Waals surface area contributed by atoms with E-state index in [9.17, 15) is 4.79 Å². The smallest absolute Gasteiger partial charge is 0.152 e. The van der Waals surface area contributed by atoms with Crippen LogP contribution in [0.15, 0.2) is 12.5 Å². The normalized spacial score (nSPS) is 11.2. The Balaban J connectivity index is 2.69. The van der Waals surface area contributed by atoms with E-state index in [2.05, 4.69) is 23.8 Å². The molecule has 2 aromatic heterocycles. The number of aromatic nitrogens is 3.